The summed E-state index contributed by atoms with van der Waals surface area (Å²) in [5.74, 6) is 0.0316. The molecule has 1 atom stereocenters. The molecule has 2 fully saturated rings. The van der Waals surface area contributed by atoms with Gasteiger partial charge < -0.3 is 4.90 Å². The lowest BCUT2D eigenvalue weighted by molar-refractivity contribution is -0.136. The van der Waals surface area contributed by atoms with E-state index in [0.29, 0.717) is 31.6 Å². The quantitative estimate of drug-likeness (QED) is 0.687. The van der Waals surface area contributed by atoms with Crippen molar-refractivity contribution in [2.45, 2.75) is 39.2 Å². The first kappa shape index (κ1) is 22.7. The van der Waals surface area contributed by atoms with Crippen LogP contribution in [0.25, 0.3) is 0 Å². The van der Waals surface area contributed by atoms with E-state index in [1.807, 2.05) is 36.1 Å². The van der Waals surface area contributed by atoms with E-state index in [-0.39, 0.29) is 17.6 Å². The maximum absolute atomic E-state index is 13.1. The van der Waals surface area contributed by atoms with Crippen LogP contribution < -0.4 is 0 Å². The molecule has 1 aromatic carbocycles. The number of sulfonamides is 1. The van der Waals surface area contributed by atoms with Gasteiger partial charge in [0.15, 0.2) is 0 Å². The highest BCUT2D eigenvalue weighted by atomic mass is 32.2. The number of carbonyl (C=O) groups is 1. The predicted octanol–water partition coefficient (Wildman–Crippen LogP) is 2.04. The lowest BCUT2D eigenvalue weighted by atomic mass is 9.98. The molecule has 30 heavy (non-hydrogen) atoms. The minimum atomic E-state index is -3.25. The zero-order chi connectivity index (χ0) is 21.6. The first-order valence-corrected chi connectivity index (χ1v) is 12.5. The Labute approximate surface area is 180 Å². The van der Waals surface area contributed by atoms with E-state index >= 15 is 0 Å². The van der Waals surface area contributed by atoms with Crippen LogP contribution in [0, 0.1) is 17.2 Å². The number of carbonyl (C=O) groups excluding carboxylic acids is 1. The van der Waals surface area contributed by atoms with E-state index in [2.05, 4.69) is 11.0 Å². The second kappa shape index (κ2) is 10.4. The van der Waals surface area contributed by atoms with Gasteiger partial charge in [0.2, 0.25) is 15.9 Å². The second-order valence-corrected chi connectivity index (χ2v) is 10.4. The van der Waals surface area contributed by atoms with Gasteiger partial charge in [-0.3, -0.25) is 9.69 Å². The molecule has 2 heterocycles. The number of piperidine rings is 1. The Balaban J connectivity index is 1.55. The third-order valence-corrected chi connectivity index (χ3v) is 8.02. The van der Waals surface area contributed by atoms with Gasteiger partial charge in [0.05, 0.1) is 23.3 Å². The molecule has 0 aliphatic carbocycles. The zero-order valence-corrected chi connectivity index (χ0v) is 18.6. The van der Waals surface area contributed by atoms with Gasteiger partial charge in [0, 0.05) is 45.8 Å². The van der Waals surface area contributed by atoms with Crippen LogP contribution >= 0.6 is 0 Å². The number of rotatable bonds is 6. The summed E-state index contributed by atoms with van der Waals surface area (Å²) in [4.78, 5) is 17.4. The summed E-state index contributed by atoms with van der Waals surface area (Å²) in [5, 5.41) is 8.93. The highest BCUT2D eigenvalue weighted by Crippen LogP contribution is 2.23. The Morgan fingerprint density at radius 2 is 1.87 bits per heavy atom. The van der Waals surface area contributed by atoms with Crippen LogP contribution in [0.5, 0.6) is 0 Å². The van der Waals surface area contributed by atoms with Crippen LogP contribution in [0.3, 0.4) is 0 Å². The van der Waals surface area contributed by atoms with Gasteiger partial charge in [0.1, 0.15) is 0 Å². The SMILES string of the molecule is CCCS(=O)(=O)N1CCCC(C(=O)N2CCCN(Cc3ccc(C#N)cc3)CC2)C1. The molecular weight excluding hydrogens is 400 g/mol. The monoisotopic (exact) mass is 432 g/mol. The largest absolute Gasteiger partial charge is 0.341 e. The van der Waals surface area contributed by atoms with Gasteiger partial charge >= 0.3 is 0 Å². The smallest absolute Gasteiger partial charge is 0.227 e. The Hall–Kier alpha value is -1.95. The number of hydrogen-bond acceptors (Lipinski definition) is 5. The summed E-state index contributed by atoms with van der Waals surface area (Å²) >= 11 is 0. The summed E-state index contributed by atoms with van der Waals surface area (Å²) < 4.78 is 26.4. The standard InChI is InChI=1S/C22H32N4O3S/c1-2-15-30(28,29)26-12-3-5-21(18-26)22(27)25-11-4-10-24(13-14-25)17-20-8-6-19(16-23)7-9-20/h6-9,21H,2-5,10-15,17-18H2,1H3. The molecule has 0 saturated carbocycles. The summed E-state index contributed by atoms with van der Waals surface area (Å²) in [6, 6.07) is 9.78. The molecule has 0 aromatic heterocycles. The minimum absolute atomic E-state index is 0.103. The molecule has 3 rings (SSSR count). The molecule has 2 aliphatic rings. The Kier molecular flexibility index (Phi) is 7.87. The van der Waals surface area contributed by atoms with E-state index in [9.17, 15) is 13.2 Å². The van der Waals surface area contributed by atoms with Crippen LogP contribution in [-0.4, -0.2) is 73.5 Å². The van der Waals surface area contributed by atoms with Crippen LogP contribution in [0.2, 0.25) is 0 Å². The van der Waals surface area contributed by atoms with Crippen molar-refractivity contribution in [1.29, 1.82) is 5.26 Å². The fraction of sp³-hybridized carbons (Fsp3) is 0.636. The molecule has 0 N–H and O–H groups in total. The van der Waals surface area contributed by atoms with Crippen molar-refractivity contribution < 1.29 is 13.2 Å². The molecule has 2 aliphatic heterocycles. The lowest BCUT2D eigenvalue weighted by Crippen LogP contribution is -2.48. The third kappa shape index (κ3) is 5.81. The molecule has 164 valence electrons. The van der Waals surface area contributed by atoms with Crippen LogP contribution in [0.15, 0.2) is 24.3 Å². The van der Waals surface area contributed by atoms with E-state index in [1.165, 1.54) is 4.31 Å². The van der Waals surface area contributed by atoms with Crippen molar-refractivity contribution >= 4 is 15.9 Å². The van der Waals surface area contributed by atoms with E-state index in [1.54, 1.807) is 0 Å². The Morgan fingerprint density at radius 1 is 1.10 bits per heavy atom. The van der Waals surface area contributed by atoms with Crippen LogP contribution in [-0.2, 0) is 21.4 Å². The number of nitrogens with zero attached hydrogens (tertiary/aromatic N) is 4. The lowest BCUT2D eigenvalue weighted by Gasteiger charge is -2.34. The fourth-order valence-electron chi connectivity index (χ4n) is 4.33. The van der Waals surface area contributed by atoms with Gasteiger partial charge in [-0.2, -0.15) is 5.26 Å². The summed E-state index contributed by atoms with van der Waals surface area (Å²) in [6.07, 6.45) is 3.02. The number of hydrogen-bond donors (Lipinski definition) is 0. The molecule has 2 saturated heterocycles. The molecule has 7 nitrogen and oxygen atoms in total. The highest BCUT2D eigenvalue weighted by Gasteiger charge is 2.34. The fourth-order valence-corrected chi connectivity index (χ4v) is 5.92. The zero-order valence-electron chi connectivity index (χ0n) is 17.8. The highest BCUT2D eigenvalue weighted by molar-refractivity contribution is 7.89. The molecule has 0 spiro atoms. The number of nitriles is 1. The average molecular weight is 433 g/mol. The normalized spacial score (nSPS) is 21.7. The second-order valence-electron chi connectivity index (χ2n) is 8.28. The van der Waals surface area contributed by atoms with Crippen molar-refractivity contribution in [2.24, 2.45) is 5.92 Å². The van der Waals surface area contributed by atoms with Gasteiger partial charge in [-0.25, -0.2) is 12.7 Å². The molecule has 1 amide bonds. The molecule has 0 radical (unpaired) electrons. The van der Waals surface area contributed by atoms with Gasteiger partial charge in [-0.05, 0) is 43.4 Å². The topological polar surface area (TPSA) is 84.7 Å². The summed E-state index contributed by atoms with van der Waals surface area (Å²) in [5.41, 5.74) is 1.83. The summed E-state index contributed by atoms with van der Waals surface area (Å²) in [7, 11) is -3.25. The molecular formula is C22H32N4O3S. The Morgan fingerprint density at radius 3 is 2.57 bits per heavy atom. The van der Waals surface area contributed by atoms with E-state index in [4.69, 9.17) is 5.26 Å². The van der Waals surface area contributed by atoms with Gasteiger partial charge in [-0.1, -0.05) is 19.1 Å². The van der Waals surface area contributed by atoms with E-state index in [0.717, 1.165) is 51.0 Å². The third-order valence-electron chi connectivity index (χ3n) is 5.98. The molecule has 0 bridgehead atoms. The van der Waals surface area contributed by atoms with Crippen molar-refractivity contribution in [3.8, 4) is 6.07 Å². The molecule has 1 unspecified atom stereocenters. The number of benzene rings is 1. The maximum atomic E-state index is 13.1. The minimum Gasteiger partial charge on any atom is -0.341 e. The van der Waals surface area contributed by atoms with Gasteiger partial charge in [-0.15, -0.1) is 0 Å². The molecule has 8 heteroatoms. The van der Waals surface area contributed by atoms with Crippen LogP contribution in [0.4, 0.5) is 0 Å². The number of amides is 1. The van der Waals surface area contributed by atoms with Gasteiger partial charge in [0.25, 0.3) is 0 Å². The van der Waals surface area contributed by atoms with Crippen molar-refractivity contribution in [3.63, 3.8) is 0 Å². The van der Waals surface area contributed by atoms with Crippen molar-refractivity contribution in [1.82, 2.24) is 14.1 Å². The average Bonchev–Trinajstić information content (AvgIpc) is 2.99. The summed E-state index contributed by atoms with van der Waals surface area (Å²) in [6.45, 7) is 6.65. The first-order chi connectivity index (χ1) is 14.4. The molecule has 1 aromatic rings. The van der Waals surface area contributed by atoms with Crippen molar-refractivity contribution in [2.75, 3.05) is 45.0 Å². The van der Waals surface area contributed by atoms with Crippen LogP contribution in [0.1, 0.15) is 43.7 Å². The first-order valence-electron chi connectivity index (χ1n) is 10.9. The van der Waals surface area contributed by atoms with E-state index < -0.39 is 10.0 Å². The predicted molar refractivity (Wildman–Crippen MR) is 116 cm³/mol. The maximum Gasteiger partial charge on any atom is 0.227 e. The Bertz CT molecular complexity index is 863. The van der Waals surface area contributed by atoms with Crippen molar-refractivity contribution in [3.05, 3.63) is 35.4 Å².